The van der Waals surface area contributed by atoms with Gasteiger partial charge in [-0.1, -0.05) is 17.7 Å². The summed E-state index contributed by atoms with van der Waals surface area (Å²) in [4.78, 5) is 0. The Morgan fingerprint density at radius 3 is 2.27 bits per heavy atom. The predicted molar refractivity (Wildman–Crippen MR) is 35.9 cm³/mol. The van der Waals surface area contributed by atoms with E-state index < -0.39 is 5.82 Å². The fraction of sp³-hybridized carbons (Fsp3) is 0. The van der Waals surface area contributed by atoms with Crippen LogP contribution in [0.4, 0.5) is 4.39 Å². The van der Waals surface area contributed by atoms with E-state index >= 15 is 0 Å². The molecule has 0 radical (unpaired) electrons. The Morgan fingerprint density at radius 1 is 1.36 bits per heavy atom. The molecule has 0 fully saturated rings. The summed E-state index contributed by atoms with van der Waals surface area (Å²) in [6.45, 7) is 3.52. The van der Waals surface area contributed by atoms with Gasteiger partial charge in [-0.3, -0.25) is 0 Å². The average Bonchev–Trinajstić information content (AvgIpc) is 1.80. The molecule has 0 bridgehead atoms. The van der Waals surface area contributed by atoms with Gasteiger partial charge in [0.15, 0.2) is 0 Å². The van der Waals surface area contributed by atoms with Crippen LogP contribution >= 0.6 is 11.6 Å². The van der Waals surface area contributed by atoms with Gasteiger partial charge in [-0.2, -0.15) is 18.6 Å². The molecule has 0 spiro atoms. The molecule has 0 aliphatic heterocycles. The molecule has 56 valence electrons. The number of rotatable bonds is 0. The summed E-state index contributed by atoms with van der Waals surface area (Å²) < 4.78 is 12.4. The quantitative estimate of drug-likeness (QED) is 0.433. The first-order valence-corrected chi connectivity index (χ1v) is 2.85. The first kappa shape index (κ1) is 13.8. The third-order valence-electron chi connectivity index (χ3n) is 0.984. The van der Waals surface area contributed by atoms with Crippen LogP contribution in [0.2, 0.25) is 5.02 Å². The van der Waals surface area contributed by atoms with Crippen LogP contribution in [0.1, 0.15) is 5.56 Å². The Labute approximate surface area is 89.3 Å². The summed E-state index contributed by atoms with van der Waals surface area (Å²) in [6, 6.07) is 4.44. The van der Waals surface area contributed by atoms with E-state index in [1.165, 1.54) is 12.1 Å². The fourth-order valence-corrected chi connectivity index (χ4v) is 0.657. The van der Waals surface area contributed by atoms with Gasteiger partial charge in [0.05, 0.1) is 10.8 Å². The van der Waals surface area contributed by atoms with Gasteiger partial charge in [0.1, 0.15) is 0 Å². The molecule has 0 atom stereocenters. The molecule has 1 aromatic carbocycles. The normalized spacial score (nSPS) is 7.82. The van der Waals surface area contributed by atoms with E-state index in [2.05, 4.69) is 6.92 Å². The summed E-state index contributed by atoms with van der Waals surface area (Å²) in [5.74, 6) is -0.413. The van der Waals surface area contributed by atoms with Crippen molar-refractivity contribution in [1.82, 2.24) is 0 Å². The van der Waals surface area contributed by atoms with Gasteiger partial charge < -0.3 is 12.4 Å². The Morgan fingerprint density at radius 2 is 1.91 bits per heavy atom. The van der Waals surface area contributed by atoms with Crippen molar-refractivity contribution < 1.29 is 36.3 Å². The van der Waals surface area contributed by atoms with Crippen molar-refractivity contribution >= 4 is 11.6 Å². The van der Waals surface area contributed by atoms with Crippen molar-refractivity contribution in [3.05, 3.63) is 41.5 Å². The molecule has 0 aromatic heterocycles. The monoisotopic (exact) mass is 242 g/mol. The summed E-state index contributed by atoms with van der Waals surface area (Å²) >= 11 is 5.38. The minimum Gasteiger partial charge on any atom is -1.00 e. The molecule has 4 heteroatoms. The minimum atomic E-state index is -0.413. The van der Waals surface area contributed by atoms with E-state index in [0.717, 1.165) is 0 Å². The van der Waals surface area contributed by atoms with E-state index in [4.69, 9.17) is 11.6 Å². The SMILES string of the molecule is [CH2-]c1ccc(Cl)c(F)c1.[Cl-].[Zn+2]. The summed E-state index contributed by atoms with van der Waals surface area (Å²) in [6.07, 6.45) is 0. The van der Waals surface area contributed by atoms with Crippen molar-refractivity contribution in [2.75, 3.05) is 0 Å². The zero-order chi connectivity index (χ0) is 6.85. The van der Waals surface area contributed by atoms with Crippen molar-refractivity contribution in [2.24, 2.45) is 0 Å². The van der Waals surface area contributed by atoms with Crippen LogP contribution in [-0.2, 0) is 19.5 Å². The van der Waals surface area contributed by atoms with E-state index in [0.29, 0.717) is 5.56 Å². The predicted octanol–water partition coefficient (Wildman–Crippen LogP) is -0.337. The second-order valence-corrected chi connectivity index (χ2v) is 2.16. The van der Waals surface area contributed by atoms with Gasteiger partial charge in [-0.15, -0.1) is 6.07 Å². The van der Waals surface area contributed by atoms with E-state index in [1.807, 2.05) is 0 Å². The Balaban J connectivity index is 0. The van der Waals surface area contributed by atoms with Crippen molar-refractivity contribution in [3.63, 3.8) is 0 Å². The Kier molecular flexibility index (Phi) is 7.30. The summed E-state index contributed by atoms with van der Waals surface area (Å²) in [7, 11) is 0. The molecule has 0 heterocycles. The number of halogens is 3. The molecule has 1 aromatic rings. The number of hydrogen-bond donors (Lipinski definition) is 0. The number of hydrogen-bond acceptors (Lipinski definition) is 0. The Bertz CT molecular complexity index is 228. The van der Waals surface area contributed by atoms with Gasteiger partial charge >= 0.3 is 19.5 Å². The van der Waals surface area contributed by atoms with E-state index in [9.17, 15) is 4.39 Å². The summed E-state index contributed by atoms with van der Waals surface area (Å²) in [5.41, 5.74) is 0.636. The van der Waals surface area contributed by atoms with Crippen LogP contribution in [0.25, 0.3) is 0 Å². The molecule has 0 saturated carbocycles. The topological polar surface area (TPSA) is 0 Å². The maximum absolute atomic E-state index is 12.4. The molecule has 0 aliphatic carbocycles. The first-order valence-electron chi connectivity index (χ1n) is 2.47. The van der Waals surface area contributed by atoms with Gasteiger partial charge in [0.2, 0.25) is 0 Å². The van der Waals surface area contributed by atoms with Crippen LogP contribution in [0, 0.1) is 12.7 Å². The summed E-state index contributed by atoms with van der Waals surface area (Å²) in [5, 5.41) is 0.141. The van der Waals surface area contributed by atoms with Crippen molar-refractivity contribution in [1.29, 1.82) is 0 Å². The van der Waals surface area contributed by atoms with Crippen molar-refractivity contribution in [2.45, 2.75) is 0 Å². The molecule has 0 nitrogen and oxygen atoms in total. The van der Waals surface area contributed by atoms with E-state index in [1.54, 1.807) is 6.07 Å². The van der Waals surface area contributed by atoms with E-state index in [-0.39, 0.29) is 36.9 Å². The van der Waals surface area contributed by atoms with Gasteiger partial charge in [0, 0.05) is 0 Å². The zero-order valence-electron chi connectivity index (χ0n) is 5.78. The standard InChI is InChI=1S/C7H5ClF.ClH.Zn/c1-5-2-3-6(8)7(9)4-5;;/h2-4H,1H2;1H;/q-1;;+2/p-1. The average molecular weight is 244 g/mol. The van der Waals surface area contributed by atoms with Crippen LogP contribution < -0.4 is 12.4 Å². The van der Waals surface area contributed by atoms with Crippen molar-refractivity contribution in [3.8, 4) is 0 Å². The first-order chi connectivity index (χ1) is 4.20. The molecular weight excluding hydrogens is 239 g/mol. The second kappa shape index (κ2) is 5.82. The van der Waals surface area contributed by atoms with Crippen LogP contribution in [0.5, 0.6) is 0 Å². The minimum absolute atomic E-state index is 0. The molecule has 0 saturated heterocycles. The molecule has 0 amide bonds. The van der Waals surface area contributed by atoms with Crippen LogP contribution in [0.3, 0.4) is 0 Å². The Hall–Kier alpha value is 0.223. The van der Waals surface area contributed by atoms with Gasteiger partial charge in [-0.25, -0.2) is 4.39 Å². The van der Waals surface area contributed by atoms with Crippen LogP contribution in [0.15, 0.2) is 18.2 Å². The second-order valence-electron chi connectivity index (χ2n) is 1.75. The zero-order valence-corrected chi connectivity index (χ0v) is 10.3. The van der Waals surface area contributed by atoms with Crippen LogP contribution in [-0.4, -0.2) is 0 Å². The van der Waals surface area contributed by atoms with Gasteiger partial charge in [-0.05, 0) is 0 Å². The maximum atomic E-state index is 12.4. The molecular formula is C7H5Cl2FZn. The third kappa shape index (κ3) is 3.95. The number of benzene rings is 1. The fourth-order valence-electron chi connectivity index (χ4n) is 0.540. The third-order valence-corrected chi connectivity index (χ3v) is 1.29. The maximum Gasteiger partial charge on any atom is 2.00 e. The molecule has 1 rings (SSSR count). The molecule has 11 heavy (non-hydrogen) atoms. The largest absolute Gasteiger partial charge is 2.00 e. The van der Waals surface area contributed by atoms with Gasteiger partial charge in [0.25, 0.3) is 0 Å². The molecule has 0 unspecified atom stereocenters. The smallest absolute Gasteiger partial charge is 1.00 e. The molecule has 0 aliphatic rings. The molecule has 0 N–H and O–H groups in total.